The van der Waals surface area contributed by atoms with Crippen molar-refractivity contribution in [2.75, 3.05) is 5.75 Å². The molecule has 1 atom stereocenters. The first kappa shape index (κ1) is 17.0. The molecule has 0 aliphatic rings. The predicted molar refractivity (Wildman–Crippen MR) is 103 cm³/mol. The third kappa shape index (κ3) is 3.47. The number of aromatic nitrogens is 2. The van der Waals surface area contributed by atoms with Crippen molar-refractivity contribution >= 4 is 28.9 Å². The summed E-state index contributed by atoms with van der Waals surface area (Å²) in [6.07, 6.45) is 1.79. The van der Waals surface area contributed by atoms with E-state index in [0.29, 0.717) is 11.0 Å². The van der Waals surface area contributed by atoms with Crippen LogP contribution in [0.2, 0.25) is 0 Å². The number of carbonyl (C=O) groups is 1. The lowest BCUT2D eigenvalue weighted by molar-refractivity contribution is 0.102. The molecule has 0 aliphatic carbocycles. The number of nitrogens with zero attached hydrogens (tertiary/aromatic N) is 2. The zero-order chi connectivity index (χ0) is 17.1. The van der Waals surface area contributed by atoms with Crippen molar-refractivity contribution in [1.82, 2.24) is 9.55 Å². The number of thioether (sulfide) groups is 1. The molecule has 3 nitrogen and oxygen atoms in total. The maximum atomic E-state index is 12.7. The summed E-state index contributed by atoms with van der Waals surface area (Å²) in [7, 11) is 0. The van der Waals surface area contributed by atoms with E-state index in [-0.39, 0.29) is 5.78 Å². The van der Waals surface area contributed by atoms with Crippen molar-refractivity contribution in [3.63, 3.8) is 0 Å². The molecule has 1 unspecified atom stereocenters. The standard InChI is InChI=1S/C19H20N2OS2/c1-13-11-17(14(2)21(13)19-20-9-10-23-19)18(22)12-24-15(3)16-7-5-4-6-8-16/h4-11,15H,12H2,1-3H3. The largest absolute Gasteiger partial charge is 0.294 e. The summed E-state index contributed by atoms with van der Waals surface area (Å²) < 4.78 is 2.06. The number of aryl methyl sites for hydroxylation is 1. The number of rotatable bonds is 6. The predicted octanol–water partition coefficient (Wildman–Crippen LogP) is 5.23. The van der Waals surface area contributed by atoms with Crippen LogP contribution in [0.1, 0.15) is 39.5 Å². The zero-order valence-corrected chi connectivity index (χ0v) is 15.7. The van der Waals surface area contributed by atoms with Crippen LogP contribution in [0.3, 0.4) is 0 Å². The van der Waals surface area contributed by atoms with E-state index in [9.17, 15) is 4.79 Å². The Bertz CT molecular complexity index is 823. The molecule has 124 valence electrons. The molecule has 2 heterocycles. The fourth-order valence-electron chi connectivity index (χ4n) is 2.76. The van der Waals surface area contributed by atoms with E-state index in [0.717, 1.165) is 22.1 Å². The Morgan fingerprint density at radius 1 is 1.29 bits per heavy atom. The minimum absolute atomic E-state index is 0.179. The summed E-state index contributed by atoms with van der Waals surface area (Å²) in [6, 6.07) is 12.3. The maximum absolute atomic E-state index is 12.7. The minimum atomic E-state index is 0.179. The highest BCUT2D eigenvalue weighted by Crippen LogP contribution is 2.29. The first-order valence-corrected chi connectivity index (χ1v) is 9.79. The summed E-state index contributed by atoms with van der Waals surface area (Å²) >= 11 is 3.26. The number of hydrogen-bond donors (Lipinski definition) is 0. The van der Waals surface area contributed by atoms with Gasteiger partial charge >= 0.3 is 0 Å². The van der Waals surface area contributed by atoms with Crippen LogP contribution in [-0.4, -0.2) is 21.1 Å². The van der Waals surface area contributed by atoms with Crippen molar-refractivity contribution in [3.8, 4) is 5.13 Å². The second-order valence-electron chi connectivity index (χ2n) is 5.72. The van der Waals surface area contributed by atoms with Crippen molar-refractivity contribution < 1.29 is 4.79 Å². The molecule has 3 rings (SSSR count). The van der Waals surface area contributed by atoms with Crippen molar-refractivity contribution in [2.24, 2.45) is 0 Å². The number of hydrogen-bond acceptors (Lipinski definition) is 4. The van der Waals surface area contributed by atoms with Gasteiger partial charge in [-0.3, -0.25) is 9.36 Å². The maximum Gasteiger partial charge on any atom is 0.193 e. The van der Waals surface area contributed by atoms with Crippen LogP contribution in [0.5, 0.6) is 0 Å². The highest BCUT2D eigenvalue weighted by molar-refractivity contribution is 8.00. The van der Waals surface area contributed by atoms with E-state index >= 15 is 0 Å². The monoisotopic (exact) mass is 356 g/mol. The van der Waals surface area contributed by atoms with Crippen LogP contribution >= 0.6 is 23.1 Å². The number of ketones is 1. The van der Waals surface area contributed by atoms with Crippen LogP contribution in [0.4, 0.5) is 0 Å². The fourth-order valence-corrected chi connectivity index (χ4v) is 4.42. The number of carbonyl (C=O) groups excluding carboxylic acids is 1. The second kappa shape index (κ2) is 7.36. The van der Waals surface area contributed by atoms with E-state index in [1.54, 1.807) is 29.3 Å². The Hall–Kier alpha value is -1.85. The van der Waals surface area contributed by atoms with E-state index in [2.05, 4.69) is 28.6 Å². The molecule has 24 heavy (non-hydrogen) atoms. The SMILES string of the molecule is Cc1cc(C(=O)CSC(C)c2ccccc2)c(C)n1-c1nccs1. The van der Waals surface area contributed by atoms with Gasteiger partial charge in [0.25, 0.3) is 0 Å². The molecule has 1 aromatic carbocycles. The van der Waals surface area contributed by atoms with Gasteiger partial charge in [-0.2, -0.15) is 0 Å². The van der Waals surface area contributed by atoms with Crippen LogP contribution in [0.25, 0.3) is 5.13 Å². The molecule has 0 bridgehead atoms. The van der Waals surface area contributed by atoms with Crippen LogP contribution in [0.15, 0.2) is 48.0 Å². The Morgan fingerprint density at radius 3 is 2.71 bits per heavy atom. The normalized spacial score (nSPS) is 12.3. The Labute approximate surface area is 150 Å². The first-order valence-electron chi connectivity index (χ1n) is 7.86. The minimum Gasteiger partial charge on any atom is -0.294 e. The van der Waals surface area contributed by atoms with Crippen molar-refractivity contribution in [3.05, 3.63) is 70.5 Å². The summed E-state index contributed by atoms with van der Waals surface area (Å²) in [5, 5.41) is 3.17. The molecule has 2 aromatic heterocycles. The van der Waals surface area contributed by atoms with Crippen LogP contribution in [0, 0.1) is 13.8 Å². The average molecular weight is 357 g/mol. The molecule has 0 amide bonds. The van der Waals surface area contributed by atoms with E-state index in [1.165, 1.54) is 5.56 Å². The highest BCUT2D eigenvalue weighted by Gasteiger charge is 2.18. The third-order valence-electron chi connectivity index (χ3n) is 4.08. The second-order valence-corrected chi connectivity index (χ2v) is 7.92. The first-order chi connectivity index (χ1) is 11.6. The van der Waals surface area contributed by atoms with Gasteiger partial charge in [-0.05, 0) is 32.4 Å². The molecule has 0 spiro atoms. The van der Waals surface area contributed by atoms with Gasteiger partial charge in [0.05, 0.1) is 5.75 Å². The van der Waals surface area contributed by atoms with Gasteiger partial charge < -0.3 is 0 Å². The molecule has 0 radical (unpaired) electrons. The molecule has 0 aliphatic heterocycles. The molecule has 0 saturated carbocycles. The summed E-state index contributed by atoms with van der Waals surface area (Å²) in [6.45, 7) is 6.16. The van der Waals surface area contributed by atoms with E-state index < -0.39 is 0 Å². The van der Waals surface area contributed by atoms with Crippen LogP contribution < -0.4 is 0 Å². The summed E-state index contributed by atoms with van der Waals surface area (Å²) in [5.74, 6) is 0.664. The molecule has 3 aromatic rings. The van der Waals surface area contributed by atoms with E-state index in [4.69, 9.17) is 0 Å². The van der Waals surface area contributed by atoms with E-state index in [1.807, 2.05) is 43.5 Å². The van der Waals surface area contributed by atoms with Gasteiger partial charge in [-0.25, -0.2) is 4.98 Å². The fraction of sp³-hybridized carbons (Fsp3) is 0.263. The van der Waals surface area contributed by atoms with Gasteiger partial charge in [-0.1, -0.05) is 30.3 Å². The van der Waals surface area contributed by atoms with Crippen LogP contribution in [-0.2, 0) is 0 Å². The van der Waals surface area contributed by atoms with Gasteiger partial charge in [0.15, 0.2) is 10.9 Å². The van der Waals surface area contributed by atoms with Gasteiger partial charge in [0.2, 0.25) is 0 Å². The highest BCUT2D eigenvalue weighted by atomic mass is 32.2. The lowest BCUT2D eigenvalue weighted by Crippen LogP contribution is -2.06. The van der Waals surface area contributed by atoms with Gasteiger partial charge in [0, 0.05) is 33.8 Å². The van der Waals surface area contributed by atoms with Gasteiger partial charge in [-0.15, -0.1) is 23.1 Å². The number of Topliss-reactive ketones (excluding diaryl/α,β-unsaturated/α-hetero) is 1. The quantitative estimate of drug-likeness (QED) is 0.567. The lowest BCUT2D eigenvalue weighted by Gasteiger charge is -2.11. The summed E-state index contributed by atoms with van der Waals surface area (Å²) in [5.41, 5.74) is 4.08. The molecular formula is C19H20N2OS2. The molecule has 0 saturated heterocycles. The zero-order valence-electron chi connectivity index (χ0n) is 14.0. The number of benzene rings is 1. The molecule has 0 fully saturated rings. The van der Waals surface area contributed by atoms with Crippen molar-refractivity contribution in [1.29, 1.82) is 0 Å². The topological polar surface area (TPSA) is 34.9 Å². The van der Waals surface area contributed by atoms with Gasteiger partial charge in [0.1, 0.15) is 0 Å². The number of thiazole rings is 1. The van der Waals surface area contributed by atoms with Crippen molar-refractivity contribution in [2.45, 2.75) is 26.0 Å². The Kier molecular flexibility index (Phi) is 5.21. The smallest absolute Gasteiger partial charge is 0.193 e. The molecular weight excluding hydrogens is 336 g/mol. The lowest BCUT2D eigenvalue weighted by atomic mass is 10.2. The Balaban J connectivity index is 1.73. The summed E-state index contributed by atoms with van der Waals surface area (Å²) in [4.78, 5) is 17.0. The Morgan fingerprint density at radius 2 is 2.04 bits per heavy atom. The third-order valence-corrected chi connectivity index (χ3v) is 6.03. The average Bonchev–Trinajstić information content (AvgIpc) is 3.21. The molecule has 5 heteroatoms. The molecule has 0 N–H and O–H groups in total.